The maximum atomic E-state index is 5.58. The predicted molar refractivity (Wildman–Crippen MR) is 70.7 cm³/mol. The number of anilines is 1. The third kappa shape index (κ3) is 3.04. The van der Waals surface area contributed by atoms with E-state index in [1.165, 1.54) is 11.3 Å². The highest BCUT2D eigenvalue weighted by Crippen LogP contribution is 2.15. The van der Waals surface area contributed by atoms with Crippen molar-refractivity contribution in [3.05, 3.63) is 59.9 Å². The minimum absolute atomic E-state index is 0.592. The number of nitrogens with zero attached hydrogens (tertiary/aromatic N) is 2. The highest BCUT2D eigenvalue weighted by atomic mass is 15.1. The molecule has 0 bridgehead atoms. The Kier molecular flexibility index (Phi) is 3.73. The second-order valence-corrected chi connectivity index (χ2v) is 4.08. The minimum atomic E-state index is 0.592. The van der Waals surface area contributed by atoms with Crippen molar-refractivity contribution in [1.82, 2.24) is 4.98 Å². The van der Waals surface area contributed by atoms with Gasteiger partial charge >= 0.3 is 0 Å². The van der Waals surface area contributed by atoms with Crippen molar-refractivity contribution in [3.8, 4) is 0 Å². The molecule has 0 unspecified atom stereocenters. The molecule has 0 fully saturated rings. The summed E-state index contributed by atoms with van der Waals surface area (Å²) in [5.41, 5.74) is 9.19. The molecule has 3 heteroatoms. The molecule has 0 radical (unpaired) electrons. The summed E-state index contributed by atoms with van der Waals surface area (Å²) in [4.78, 5) is 6.22. The van der Waals surface area contributed by atoms with Crippen LogP contribution in [0.25, 0.3) is 0 Å². The molecule has 0 aliphatic rings. The highest BCUT2D eigenvalue weighted by Gasteiger charge is 2.01. The van der Waals surface area contributed by atoms with Gasteiger partial charge < -0.3 is 10.6 Å². The van der Waals surface area contributed by atoms with E-state index in [0.29, 0.717) is 6.54 Å². The standard InChI is InChI=1S/C14H17N3/c1-17(11-13-6-8-16-9-7-13)14-4-2-12(10-15)3-5-14/h2-9H,10-11,15H2,1H3. The summed E-state index contributed by atoms with van der Waals surface area (Å²) in [6.45, 7) is 1.47. The minimum Gasteiger partial charge on any atom is -0.370 e. The fourth-order valence-corrected chi connectivity index (χ4v) is 1.74. The van der Waals surface area contributed by atoms with Crippen LogP contribution in [-0.2, 0) is 13.1 Å². The zero-order chi connectivity index (χ0) is 12.1. The van der Waals surface area contributed by atoms with E-state index in [4.69, 9.17) is 5.73 Å². The quantitative estimate of drug-likeness (QED) is 0.870. The van der Waals surface area contributed by atoms with Gasteiger partial charge in [0.05, 0.1) is 0 Å². The van der Waals surface area contributed by atoms with Crippen LogP contribution in [-0.4, -0.2) is 12.0 Å². The third-order valence-corrected chi connectivity index (χ3v) is 2.78. The van der Waals surface area contributed by atoms with E-state index in [1.807, 2.05) is 24.5 Å². The molecule has 2 aromatic rings. The van der Waals surface area contributed by atoms with Crippen LogP contribution in [0, 0.1) is 0 Å². The number of benzene rings is 1. The molecule has 3 nitrogen and oxygen atoms in total. The van der Waals surface area contributed by atoms with E-state index in [1.54, 1.807) is 0 Å². The first-order valence-electron chi connectivity index (χ1n) is 5.68. The average Bonchev–Trinajstić information content (AvgIpc) is 2.40. The highest BCUT2D eigenvalue weighted by molar-refractivity contribution is 5.47. The van der Waals surface area contributed by atoms with Crippen molar-refractivity contribution in [1.29, 1.82) is 0 Å². The molecule has 0 saturated carbocycles. The van der Waals surface area contributed by atoms with Crippen molar-refractivity contribution in [3.63, 3.8) is 0 Å². The Morgan fingerprint density at radius 1 is 1.00 bits per heavy atom. The van der Waals surface area contributed by atoms with Gasteiger partial charge in [-0.3, -0.25) is 4.98 Å². The number of nitrogens with two attached hydrogens (primary N) is 1. The summed E-state index contributed by atoms with van der Waals surface area (Å²) in [5, 5.41) is 0. The lowest BCUT2D eigenvalue weighted by Crippen LogP contribution is -2.16. The third-order valence-electron chi connectivity index (χ3n) is 2.78. The Balaban J connectivity index is 2.06. The van der Waals surface area contributed by atoms with Crippen LogP contribution in [0.1, 0.15) is 11.1 Å². The van der Waals surface area contributed by atoms with Gasteiger partial charge in [0.2, 0.25) is 0 Å². The molecule has 0 amide bonds. The molecular weight excluding hydrogens is 210 g/mol. The van der Waals surface area contributed by atoms with Gasteiger partial charge in [0.15, 0.2) is 0 Å². The van der Waals surface area contributed by atoms with Gasteiger partial charge in [-0.1, -0.05) is 12.1 Å². The topological polar surface area (TPSA) is 42.2 Å². The zero-order valence-corrected chi connectivity index (χ0v) is 10.0. The molecule has 1 aromatic heterocycles. The average molecular weight is 227 g/mol. The summed E-state index contributed by atoms with van der Waals surface area (Å²) >= 11 is 0. The first-order chi connectivity index (χ1) is 8.29. The van der Waals surface area contributed by atoms with Crippen molar-refractivity contribution in [2.45, 2.75) is 13.1 Å². The lowest BCUT2D eigenvalue weighted by molar-refractivity contribution is 0.918. The molecule has 0 atom stereocenters. The number of rotatable bonds is 4. The molecule has 88 valence electrons. The maximum Gasteiger partial charge on any atom is 0.0427 e. The summed E-state index contributed by atoms with van der Waals surface area (Å²) < 4.78 is 0. The Morgan fingerprint density at radius 2 is 1.65 bits per heavy atom. The maximum absolute atomic E-state index is 5.58. The summed E-state index contributed by atoms with van der Waals surface area (Å²) in [5.74, 6) is 0. The monoisotopic (exact) mass is 227 g/mol. The second-order valence-electron chi connectivity index (χ2n) is 4.08. The van der Waals surface area contributed by atoms with Crippen LogP contribution in [0.4, 0.5) is 5.69 Å². The number of hydrogen-bond donors (Lipinski definition) is 1. The van der Waals surface area contributed by atoms with Gasteiger partial charge in [-0.15, -0.1) is 0 Å². The van der Waals surface area contributed by atoms with E-state index in [9.17, 15) is 0 Å². The molecule has 0 saturated heterocycles. The first kappa shape index (κ1) is 11.6. The molecule has 0 aliphatic heterocycles. The Bertz CT molecular complexity index is 451. The molecule has 0 aliphatic carbocycles. The molecular formula is C14H17N3. The molecule has 17 heavy (non-hydrogen) atoms. The smallest absolute Gasteiger partial charge is 0.0427 e. The van der Waals surface area contributed by atoms with Crippen molar-refractivity contribution in [2.24, 2.45) is 5.73 Å². The van der Waals surface area contributed by atoms with Crippen molar-refractivity contribution in [2.75, 3.05) is 11.9 Å². The van der Waals surface area contributed by atoms with E-state index in [2.05, 4.69) is 41.2 Å². The molecule has 1 aromatic carbocycles. The summed E-state index contributed by atoms with van der Waals surface area (Å²) in [7, 11) is 2.08. The van der Waals surface area contributed by atoms with Crippen LogP contribution in [0.2, 0.25) is 0 Å². The molecule has 0 spiro atoms. The Morgan fingerprint density at radius 3 is 2.24 bits per heavy atom. The molecule has 2 rings (SSSR count). The van der Waals surface area contributed by atoms with Crippen molar-refractivity contribution >= 4 is 5.69 Å². The molecule has 1 heterocycles. The number of hydrogen-bond acceptors (Lipinski definition) is 3. The number of pyridine rings is 1. The summed E-state index contributed by atoms with van der Waals surface area (Å²) in [6, 6.07) is 12.4. The van der Waals surface area contributed by atoms with Gasteiger partial charge in [-0.25, -0.2) is 0 Å². The predicted octanol–water partition coefficient (Wildman–Crippen LogP) is 2.18. The zero-order valence-electron chi connectivity index (χ0n) is 10.0. The van der Waals surface area contributed by atoms with E-state index in [0.717, 1.165) is 12.1 Å². The first-order valence-corrected chi connectivity index (χ1v) is 5.68. The van der Waals surface area contributed by atoms with Crippen molar-refractivity contribution < 1.29 is 0 Å². The van der Waals surface area contributed by atoms with Gasteiger partial charge in [0.25, 0.3) is 0 Å². The Labute approximate surface area is 102 Å². The fraction of sp³-hybridized carbons (Fsp3) is 0.214. The van der Waals surface area contributed by atoms with E-state index < -0.39 is 0 Å². The summed E-state index contributed by atoms with van der Waals surface area (Å²) in [6.07, 6.45) is 3.64. The van der Waals surface area contributed by atoms with E-state index >= 15 is 0 Å². The van der Waals surface area contributed by atoms with Crippen LogP contribution in [0.3, 0.4) is 0 Å². The van der Waals surface area contributed by atoms with Gasteiger partial charge in [-0.05, 0) is 35.4 Å². The Hall–Kier alpha value is -1.87. The normalized spacial score (nSPS) is 10.2. The lowest BCUT2D eigenvalue weighted by Gasteiger charge is -2.19. The number of aromatic nitrogens is 1. The van der Waals surface area contributed by atoms with Gasteiger partial charge in [0.1, 0.15) is 0 Å². The van der Waals surface area contributed by atoms with Gasteiger partial charge in [-0.2, -0.15) is 0 Å². The van der Waals surface area contributed by atoms with Crippen LogP contribution in [0.15, 0.2) is 48.8 Å². The van der Waals surface area contributed by atoms with Crippen LogP contribution < -0.4 is 10.6 Å². The largest absolute Gasteiger partial charge is 0.370 e. The van der Waals surface area contributed by atoms with Crippen LogP contribution in [0.5, 0.6) is 0 Å². The lowest BCUT2D eigenvalue weighted by atomic mass is 10.2. The second kappa shape index (κ2) is 5.46. The SMILES string of the molecule is CN(Cc1ccncc1)c1ccc(CN)cc1. The molecule has 2 N–H and O–H groups in total. The fourth-order valence-electron chi connectivity index (χ4n) is 1.74. The van der Waals surface area contributed by atoms with E-state index in [-0.39, 0.29) is 0 Å². The van der Waals surface area contributed by atoms with Crippen LogP contribution >= 0.6 is 0 Å². The van der Waals surface area contributed by atoms with Gasteiger partial charge in [0, 0.05) is 38.2 Å².